The van der Waals surface area contributed by atoms with Crippen LogP contribution in [0, 0.1) is 11.3 Å². The molecule has 0 aromatic heterocycles. The van der Waals surface area contributed by atoms with Gasteiger partial charge >= 0.3 is 12.4 Å². The fraction of sp³-hybridized carbons (Fsp3) is 0.500. The maximum atomic E-state index is 13.4. The summed E-state index contributed by atoms with van der Waals surface area (Å²) >= 11 is 0. The number of alkyl halides is 6. The van der Waals surface area contributed by atoms with Gasteiger partial charge in [0, 0.05) is 19.5 Å². The second kappa shape index (κ2) is 10.8. The predicted octanol–water partition coefficient (Wildman–Crippen LogP) is 6.36. The van der Waals surface area contributed by atoms with E-state index in [-0.39, 0.29) is 30.7 Å². The number of nitrogens with one attached hydrogen (secondary N) is 1. The van der Waals surface area contributed by atoms with Crippen LogP contribution in [0.5, 0.6) is 0 Å². The maximum Gasteiger partial charge on any atom is 0.416 e. The zero-order valence-electron chi connectivity index (χ0n) is 21.3. The first-order valence-corrected chi connectivity index (χ1v) is 12.7. The third kappa shape index (κ3) is 6.07. The van der Waals surface area contributed by atoms with Crippen molar-refractivity contribution in [3.05, 3.63) is 70.8 Å². The second-order valence-corrected chi connectivity index (χ2v) is 10.2. The number of ether oxygens (including phenoxy) is 1. The molecule has 2 heterocycles. The molecule has 0 radical (unpaired) electrons. The van der Waals surface area contributed by atoms with Crippen molar-refractivity contribution in [2.75, 3.05) is 19.7 Å². The Kier molecular flexibility index (Phi) is 8.01. The van der Waals surface area contributed by atoms with E-state index in [1.54, 1.807) is 4.90 Å². The molecule has 210 valence electrons. The molecule has 2 fully saturated rings. The van der Waals surface area contributed by atoms with Crippen LogP contribution < -0.4 is 5.32 Å². The lowest BCUT2D eigenvalue weighted by Crippen LogP contribution is -2.65. The van der Waals surface area contributed by atoms with E-state index in [0.29, 0.717) is 37.9 Å². The Morgan fingerprint density at radius 1 is 1.03 bits per heavy atom. The quantitative estimate of drug-likeness (QED) is 0.423. The van der Waals surface area contributed by atoms with Gasteiger partial charge in [0.05, 0.1) is 35.4 Å². The van der Waals surface area contributed by atoms with Gasteiger partial charge in [0.1, 0.15) is 5.54 Å². The van der Waals surface area contributed by atoms with Crippen LogP contribution in [0.25, 0.3) is 0 Å². The van der Waals surface area contributed by atoms with Crippen LogP contribution in [0.1, 0.15) is 67.4 Å². The summed E-state index contributed by atoms with van der Waals surface area (Å²) in [7, 11) is 0. The van der Waals surface area contributed by atoms with Crippen molar-refractivity contribution in [1.82, 2.24) is 10.2 Å². The van der Waals surface area contributed by atoms with Crippen LogP contribution in [0.15, 0.2) is 48.5 Å². The molecule has 0 bridgehead atoms. The molecule has 0 saturated carbocycles. The zero-order chi connectivity index (χ0) is 28.5. The molecule has 0 aliphatic carbocycles. The van der Waals surface area contributed by atoms with Crippen LogP contribution in [0.2, 0.25) is 0 Å². The van der Waals surface area contributed by atoms with Crippen molar-refractivity contribution < 1.29 is 35.9 Å². The van der Waals surface area contributed by atoms with Crippen molar-refractivity contribution in [3.63, 3.8) is 0 Å². The third-order valence-corrected chi connectivity index (χ3v) is 7.72. The van der Waals surface area contributed by atoms with Gasteiger partial charge < -0.3 is 15.0 Å². The highest BCUT2D eigenvalue weighted by atomic mass is 19.4. The predicted molar refractivity (Wildman–Crippen MR) is 130 cm³/mol. The van der Waals surface area contributed by atoms with Crippen LogP contribution in [0.4, 0.5) is 26.3 Å². The van der Waals surface area contributed by atoms with Crippen molar-refractivity contribution in [3.8, 4) is 6.07 Å². The smallest absolute Gasteiger partial charge is 0.372 e. The molecule has 0 spiro atoms. The number of hydrogen-bond acceptors (Lipinski definition) is 4. The minimum atomic E-state index is -4.96. The lowest BCUT2D eigenvalue weighted by atomic mass is 9.75. The van der Waals surface area contributed by atoms with Crippen LogP contribution >= 0.6 is 0 Å². The average Bonchev–Trinajstić information content (AvgIpc) is 2.91. The molecule has 5 nitrogen and oxygen atoms in total. The number of halogens is 6. The highest BCUT2D eigenvalue weighted by Gasteiger charge is 2.49. The molecule has 2 aliphatic heterocycles. The largest absolute Gasteiger partial charge is 0.416 e. The van der Waals surface area contributed by atoms with E-state index in [9.17, 15) is 36.4 Å². The molecule has 0 unspecified atom stereocenters. The molecule has 3 atom stereocenters. The van der Waals surface area contributed by atoms with Gasteiger partial charge in [-0.1, -0.05) is 30.3 Å². The Bertz CT molecular complexity index is 1180. The summed E-state index contributed by atoms with van der Waals surface area (Å²) in [6.07, 6.45) is -8.37. The van der Waals surface area contributed by atoms with E-state index in [4.69, 9.17) is 4.74 Å². The lowest BCUT2D eigenvalue weighted by Gasteiger charge is -2.49. The van der Waals surface area contributed by atoms with Crippen molar-refractivity contribution >= 4 is 5.91 Å². The molecule has 2 aliphatic rings. The summed E-state index contributed by atoms with van der Waals surface area (Å²) in [6.45, 7) is 1.95. The molecule has 1 amide bonds. The van der Waals surface area contributed by atoms with E-state index in [0.717, 1.165) is 18.4 Å². The minimum Gasteiger partial charge on any atom is -0.372 e. The summed E-state index contributed by atoms with van der Waals surface area (Å²) in [5.41, 5.74) is -4.18. The lowest BCUT2D eigenvalue weighted by molar-refractivity contribution is -0.143. The first-order chi connectivity index (χ1) is 18.3. The summed E-state index contributed by atoms with van der Waals surface area (Å²) in [6, 6.07) is 12.9. The minimum absolute atomic E-state index is 0.0771. The molecular weight excluding hydrogens is 524 g/mol. The van der Waals surface area contributed by atoms with Crippen LogP contribution in [-0.4, -0.2) is 36.0 Å². The normalized spacial score (nSPS) is 25.3. The number of nitriles is 1. The van der Waals surface area contributed by atoms with Gasteiger partial charge in [-0.2, -0.15) is 31.6 Å². The van der Waals surface area contributed by atoms with Crippen molar-refractivity contribution in [2.24, 2.45) is 0 Å². The molecule has 39 heavy (non-hydrogen) atoms. The first kappa shape index (κ1) is 28.9. The summed E-state index contributed by atoms with van der Waals surface area (Å²) in [5, 5.41) is 13.5. The summed E-state index contributed by atoms with van der Waals surface area (Å²) in [5.74, 6) is -0.0771. The highest BCUT2D eigenvalue weighted by Crippen LogP contribution is 2.41. The number of nitrogens with zero attached hydrogens (tertiary/aromatic N) is 2. The number of rotatable bonds is 6. The van der Waals surface area contributed by atoms with E-state index in [1.807, 2.05) is 30.3 Å². The molecule has 4 rings (SSSR count). The monoisotopic (exact) mass is 553 g/mol. The van der Waals surface area contributed by atoms with Gasteiger partial charge in [0.15, 0.2) is 0 Å². The fourth-order valence-corrected chi connectivity index (χ4v) is 5.34. The van der Waals surface area contributed by atoms with E-state index < -0.39 is 40.7 Å². The van der Waals surface area contributed by atoms with Gasteiger partial charge in [-0.15, -0.1) is 0 Å². The Hall–Kier alpha value is -3.10. The number of piperidine rings is 2. The molecule has 11 heteroatoms. The topological polar surface area (TPSA) is 65.4 Å². The first-order valence-electron chi connectivity index (χ1n) is 12.7. The summed E-state index contributed by atoms with van der Waals surface area (Å²) in [4.78, 5) is 14.2. The van der Waals surface area contributed by atoms with Crippen molar-refractivity contribution in [2.45, 2.75) is 68.6 Å². The molecular formula is C28H29F6N3O2. The summed E-state index contributed by atoms with van der Waals surface area (Å²) < 4.78 is 86.2. The standard InChI is InChI=1S/C28H29F6N3O2/c1-19(20-13-22(27(29,30)31)15-23(14-20)28(32,33)34)39-18-26(21-7-3-2-4-8-21)11-10-25(16-35,17-36-26)37-12-6-5-9-24(37)38/h2-4,7-8,13-15,19,36H,5-6,9-12,17-18H2,1H3/t19-,25-,26-/m1/s1. The molecule has 2 aromatic rings. The number of likely N-dealkylation sites (tertiary alicyclic amines) is 1. The van der Waals surface area contributed by atoms with Gasteiger partial charge in [-0.25, -0.2) is 0 Å². The van der Waals surface area contributed by atoms with Gasteiger partial charge in [0.25, 0.3) is 0 Å². The van der Waals surface area contributed by atoms with Gasteiger partial charge in [-0.05, 0) is 61.9 Å². The number of hydrogen-bond donors (Lipinski definition) is 1. The van der Waals surface area contributed by atoms with Crippen molar-refractivity contribution in [1.29, 1.82) is 5.26 Å². The molecule has 1 N–H and O–H groups in total. The Labute approximate surface area is 222 Å². The average molecular weight is 554 g/mol. The fourth-order valence-electron chi connectivity index (χ4n) is 5.34. The molecule has 2 saturated heterocycles. The SMILES string of the molecule is C[C@@H](OC[C@@]1(c2ccccc2)CC[C@](C#N)(N2CCCCC2=O)CN1)c1cc(C(F)(F)F)cc(C(F)(F)F)c1. The number of benzene rings is 2. The number of carbonyl (C=O) groups is 1. The Balaban J connectivity index is 1.60. The van der Waals surface area contributed by atoms with Crippen LogP contribution in [-0.2, 0) is 27.4 Å². The van der Waals surface area contributed by atoms with E-state index in [2.05, 4.69) is 11.4 Å². The highest BCUT2D eigenvalue weighted by molar-refractivity contribution is 5.78. The number of amides is 1. The second-order valence-electron chi connectivity index (χ2n) is 10.2. The van der Waals surface area contributed by atoms with Crippen LogP contribution in [0.3, 0.4) is 0 Å². The third-order valence-electron chi connectivity index (χ3n) is 7.72. The van der Waals surface area contributed by atoms with E-state index >= 15 is 0 Å². The van der Waals surface area contributed by atoms with E-state index in [1.165, 1.54) is 6.92 Å². The van der Waals surface area contributed by atoms with Gasteiger partial charge in [0.2, 0.25) is 5.91 Å². The molecule has 2 aromatic carbocycles. The van der Waals surface area contributed by atoms with Gasteiger partial charge in [-0.3, -0.25) is 4.79 Å². The zero-order valence-corrected chi connectivity index (χ0v) is 21.3. The number of carbonyl (C=O) groups excluding carboxylic acids is 1. The Morgan fingerprint density at radius 2 is 1.67 bits per heavy atom. The maximum absolute atomic E-state index is 13.4. The Morgan fingerprint density at radius 3 is 2.18 bits per heavy atom.